The number of aromatic amines is 1. The lowest BCUT2D eigenvalue weighted by Gasteiger charge is -2.58. The maximum absolute atomic E-state index is 13.5. The van der Waals surface area contributed by atoms with Gasteiger partial charge in [0.25, 0.3) is 0 Å². The molecular formula is C37H46N2O8. The van der Waals surface area contributed by atoms with Crippen LogP contribution in [0.15, 0.2) is 42.1 Å². The maximum atomic E-state index is 13.5. The molecule has 4 aliphatic carbocycles. The Balaban J connectivity index is 1.02. The van der Waals surface area contributed by atoms with Gasteiger partial charge in [0, 0.05) is 41.8 Å². The number of esters is 2. The molecular weight excluding hydrogens is 600 g/mol. The van der Waals surface area contributed by atoms with Gasteiger partial charge in [0.15, 0.2) is 12.4 Å². The van der Waals surface area contributed by atoms with Crippen LogP contribution in [-0.2, 0) is 39.9 Å². The third kappa shape index (κ3) is 5.83. The molecule has 0 bridgehead atoms. The third-order valence-electron chi connectivity index (χ3n) is 12.4. The first-order valence-electron chi connectivity index (χ1n) is 17.0. The van der Waals surface area contributed by atoms with E-state index in [1.54, 1.807) is 6.20 Å². The molecule has 3 N–H and O–H groups in total. The summed E-state index contributed by atoms with van der Waals surface area (Å²) in [6.07, 6.45) is 9.31. The fourth-order valence-corrected chi connectivity index (χ4v) is 9.71. The molecule has 1 aromatic heterocycles. The van der Waals surface area contributed by atoms with Crippen LogP contribution in [0.4, 0.5) is 0 Å². The number of ketones is 2. The van der Waals surface area contributed by atoms with E-state index >= 15 is 0 Å². The SMILES string of the molecule is COC(=O)[C@H](Cc1c[nH]c2ccccc12)NC(=O)CCC(=O)OCC(=O)[C@@]1(O)CC[C@H]2[C@@H]3CCC4=CC(=O)CC[C@]4(C)[C@H]3CC[C@@]21C. The monoisotopic (exact) mass is 646 g/mol. The first-order valence-corrected chi connectivity index (χ1v) is 17.0. The molecule has 2 aromatic rings. The number of aliphatic hydroxyl groups is 1. The first-order chi connectivity index (χ1) is 22.4. The molecule has 0 radical (unpaired) electrons. The van der Waals surface area contributed by atoms with E-state index in [-0.39, 0.29) is 36.4 Å². The van der Waals surface area contributed by atoms with Crippen molar-refractivity contribution < 1.29 is 38.6 Å². The Morgan fingerprint density at radius 2 is 1.79 bits per heavy atom. The molecule has 0 spiro atoms. The predicted octanol–water partition coefficient (Wildman–Crippen LogP) is 4.52. The molecule has 1 heterocycles. The number of benzene rings is 1. The van der Waals surface area contributed by atoms with Gasteiger partial charge in [-0.05, 0) is 85.8 Å². The van der Waals surface area contributed by atoms with Crippen molar-refractivity contribution in [2.24, 2.45) is 28.6 Å². The molecule has 4 aliphatic rings. The van der Waals surface area contributed by atoms with Crippen molar-refractivity contribution in [2.45, 2.75) is 96.1 Å². The van der Waals surface area contributed by atoms with Crippen molar-refractivity contribution in [1.82, 2.24) is 10.3 Å². The zero-order chi connectivity index (χ0) is 33.6. The number of hydrogen-bond donors (Lipinski definition) is 3. The average molecular weight is 647 g/mol. The van der Waals surface area contributed by atoms with Gasteiger partial charge in [-0.3, -0.25) is 19.2 Å². The molecule has 252 valence electrons. The molecule has 7 atom stereocenters. The largest absolute Gasteiger partial charge is 0.467 e. The molecule has 3 fully saturated rings. The molecule has 0 aliphatic heterocycles. The number of carbonyl (C=O) groups is 5. The molecule has 1 amide bonds. The van der Waals surface area contributed by atoms with Crippen LogP contribution in [0, 0.1) is 28.6 Å². The van der Waals surface area contributed by atoms with Crippen molar-refractivity contribution in [3.8, 4) is 0 Å². The predicted molar refractivity (Wildman–Crippen MR) is 173 cm³/mol. The highest BCUT2D eigenvalue weighted by molar-refractivity contribution is 5.93. The fourth-order valence-electron chi connectivity index (χ4n) is 9.71. The maximum Gasteiger partial charge on any atom is 0.328 e. The fraction of sp³-hybridized carbons (Fsp3) is 0.595. The second kappa shape index (κ2) is 12.7. The molecule has 0 unspecified atom stereocenters. The number of methoxy groups -OCH3 is 1. The Hall–Kier alpha value is -3.79. The minimum absolute atomic E-state index is 0.00200. The van der Waals surface area contributed by atoms with E-state index in [1.807, 2.05) is 37.3 Å². The number of aromatic nitrogens is 1. The summed E-state index contributed by atoms with van der Waals surface area (Å²) in [6.45, 7) is 3.78. The van der Waals surface area contributed by atoms with Gasteiger partial charge >= 0.3 is 11.9 Å². The smallest absolute Gasteiger partial charge is 0.328 e. The van der Waals surface area contributed by atoms with Crippen LogP contribution in [0.3, 0.4) is 0 Å². The van der Waals surface area contributed by atoms with E-state index in [1.165, 1.54) is 12.7 Å². The summed E-state index contributed by atoms with van der Waals surface area (Å²) in [7, 11) is 1.25. The van der Waals surface area contributed by atoms with Crippen LogP contribution in [0.1, 0.15) is 83.6 Å². The van der Waals surface area contributed by atoms with E-state index in [0.717, 1.165) is 48.6 Å². The van der Waals surface area contributed by atoms with Crippen LogP contribution >= 0.6 is 0 Å². The van der Waals surface area contributed by atoms with Gasteiger partial charge in [-0.15, -0.1) is 0 Å². The number of amides is 1. The van der Waals surface area contributed by atoms with Crippen molar-refractivity contribution in [2.75, 3.05) is 13.7 Å². The number of carbonyl (C=O) groups excluding carboxylic acids is 5. The zero-order valence-electron chi connectivity index (χ0n) is 27.6. The minimum atomic E-state index is -1.59. The summed E-state index contributed by atoms with van der Waals surface area (Å²) in [5.41, 5.74) is 0.819. The molecule has 1 aromatic carbocycles. The van der Waals surface area contributed by atoms with Crippen LogP contribution in [0.2, 0.25) is 0 Å². The van der Waals surface area contributed by atoms with Crippen LogP contribution in [-0.4, -0.2) is 64.9 Å². The van der Waals surface area contributed by atoms with E-state index in [9.17, 15) is 29.1 Å². The third-order valence-corrected chi connectivity index (χ3v) is 12.4. The molecule has 3 saturated carbocycles. The van der Waals surface area contributed by atoms with Gasteiger partial charge in [0.05, 0.1) is 13.5 Å². The topological polar surface area (TPSA) is 152 Å². The van der Waals surface area contributed by atoms with Crippen LogP contribution in [0.25, 0.3) is 10.9 Å². The second-order valence-corrected chi connectivity index (χ2v) is 14.6. The summed E-state index contributed by atoms with van der Waals surface area (Å²) < 4.78 is 10.2. The van der Waals surface area contributed by atoms with E-state index in [2.05, 4.69) is 17.2 Å². The number of fused-ring (bicyclic) bond motifs is 6. The lowest BCUT2D eigenvalue weighted by Crippen LogP contribution is -2.58. The Morgan fingerprint density at radius 1 is 1.02 bits per heavy atom. The van der Waals surface area contributed by atoms with Crippen molar-refractivity contribution in [3.05, 3.63) is 47.7 Å². The second-order valence-electron chi connectivity index (χ2n) is 14.6. The van der Waals surface area contributed by atoms with Crippen LogP contribution in [0.5, 0.6) is 0 Å². The van der Waals surface area contributed by atoms with Crippen molar-refractivity contribution in [3.63, 3.8) is 0 Å². The molecule has 47 heavy (non-hydrogen) atoms. The summed E-state index contributed by atoms with van der Waals surface area (Å²) in [6, 6.07) is 6.68. The number of nitrogens with one attached hydrogen (secondary N) is 2. The molecule has 6 rings (SSSR count). The first kappa shape index (κ1) is 33.1. The lowest BCUT2D eigenvalue weighted by molar-refractivity contribution is -0.170. The molecule has 0 saturated heterocycles. The summed E-state index contributed by atoms with van der Waals surface area (Å²) in [5, 5.41) is 15.5. The van der Waals surface area contributed by atoms with Gasteiger partial charge in [-0.2, -0.15) is 0 Å². The number of H-pyrrole nitrogens is 1. The average Bonchev–Trinajstić information content (AvgIpc) is 3.60. The van der Waals surface area contributed by atoms with Gasteiger partial charge in [-0.25, -0.2) is 4.79 Å². The summed E-state index contributed by atoms with van der Waals surface area (Å²) in [4.78, 5) is 66.7. The number of Topliss-reactive ketones (excluding diaryl/α,β-unsaturated/α-hetero) is 1. The number of hydrogen-bond acceptors (Lipinski definition) is 8. The van der Waals surface area contributed by atoms with E-state index in [0.29, 0.717) is 31.1 Å². The number of allylic oxidation sites excluding steroid dienone is 1. The Labute approximate surface area is 275 Å². The van der Waals surface area contributed by atoms with Gasteiger partial charge in [0.1, 0.15) is 11.6 Å². The Bertz CT molecular complexity index is 1630. The van der Waals surface area contributed by atoms with Gasteiger partial charge < -0.3 is 24.9 Å². The molecule has 10 nitrogen and oxygen atoms in total. The number of para-hydroxylation sites is 1. The Kier molecular flexibility index (Phi) is 8.93. The molecule has 10 heteroatoms. The van der Waals surface area contributed by atoms with Crippen LogP contribution < -0.4 is 5.32 Å². The standard InChI is InChI=1S/C37H46N2O8/c1-35-15-12-24(40)19-23(35)8-9-26-27(35)13-16-36(2)28(26)14-17-37(36,45)31(41)21-47-33(43)11-10-32(42)39-30(34(44)46-3)18-22-20-38-29-7-5-4-6-25(22)29/h4-7,19-20,26-28,30,38,45H,8-18,21H2,1-3H3,(H,39,42)/t26-,27+,28+,30+,35+,36+,37+/m1/s1. The highest BCUT2D eigenvalue weighted by Crippen LogP contribution is 2.67. The number of rotatable bonds is 10. The normalized spacial score (nSPS) is 32.0. The van der Waals surface area contributed by atoms with E-state index < -0.39 is 47.3 Å². The Morgan fingerprint density at radius 3 is 2.57 bits per heavy atom. The minimum Gasteiger partial charge on any atom is -0.467 e. The number of ether oxygens (including phenoxy) is 2. The summed E-state index contributed by atoms with van der Waals surface area (Å²) >= 11 is 0. The quantitative estimate of drug-likeness (QED) is 0.319. The van der Waals surface area contributed by atoms with Crippen molar-refractivity contribution in [1.29, 1.82) is 0 Å². The zero-order valence-corrected chi connectivity index (χ0v) is 27.6. The lowest BCUT2D eigenvalue weighted by atomic mass is 9.46. The highest BCUT2D eigenvalue weighted by Gasteiger charge is 2.66. The van der Waals surface area contributed by atoms with Crippen molar-refractivity contribution >= 4 is 40.3 Å². The summed E-state index contributed by atoms with van der Waals surface area (Å²) in [5.74, 6) is -1.14. The van der Waals surface area contributed by atoms with E-state index in [4.69, 9.17) is 9.47 Å². The van der Waals surface area contributed by atoms with Gasteiger partial charge in [0.2, 0.25) is 11.7 Å². The van der Waals surface area contributed by atoms with Gasteiger partial charge in [-0.1, -0.05) is 37.6 Å². The highest BCUT2D eigenvalue weighted by atomic mass is 16.5.